The highest BCUT2D eigenvalue weighted by Gasteiger charge is 2.19. The fraction of sp³-hybridized carbons (Fsp3) is 0.250. The minimum absolute atomic E-state index is 0.140. The van der Waals surface area contributed by atoms with Crippen molar-refractivity contribution in [2.45, 2.75) is 6.43 Å². The van der Waals surface area contributed by atoms with Crippen LogP contribution in [0.3, 0.4) is 0 Å². The van der Waals surface area contributed by atoms with Gasteiger partial charge in [0.25, 0.3) is 12.3 Å². The average Bonchev–Trinajstić information content (AvgIpc) is 2.17. The van der Waals surface area contributed by atoms with Gasteiger partial charge in [-0.15, -0.1) is 0 Å². The Morgan fingerprint density at radius 3 is 2.71 bits per heavy atom. The highest BCUT2D eigenvalue weighted by molar-refractivity contribution is 5.82. The standard InChI is InChI=1S/C8H7F2NO3/c1-14-8-6(13)5(3-12)4(2-11-8)7(9)10/h2-3,7,13H,1H3. The molecule has 76 valence electrons. The molecule has 4 nitrogen and oxygen atoms in total. The van der Waals surface area contributed by atoms with Crippen LogP contribution < -0.4 is 4.74 Å². The molecule has 0 saturated heterocycles. The minimum Gasteiger partial charge on any atom is -0.503 e. The molecule has 0 radical (unpaired) electrons. The molecule has 0 aliphatic rings. The highest BCUT2D eigenvalue weighted by Crippen LogP contribution is 2.32. The molecule has 14 heavy (non-hydrogen) atoms. The molecule has 0 bridgehead atoms. The number of hydrogen-bond donors (Lipinski definition) is 1. The number of ether oxygens (including phenoxy) is 1. The summed E-state index contributed by atoms with van der Waals surface area (Å²) in [5.41, 5.74) is -1.11. The van der Waals surface area contributed by atoms with E-state index < -0.39 is 23.3 Å². The fourth-order valence-corrected chi connectivity index (χ4v) is 0.958. The molecule has 0 atom stereocenters. The van der Waals surface area contributed by atoms with Crippen molar-refractivity contribution in [1.82, 2.24) is 4.98 Å². The van der Waals surface area contributed by atoms with Crippen molar-refractivity contribution < 1.29 is 23.4 Å². The van der Waals surface area contributed by atoms with E-state index in [1.165, 1.54) is 7.11 Å². The molecule has 0 amide bonds. The molecule has 1 rings (SSSR count). The first-order valence-electron chi connectivity index (χ1n) is 3.61. The number of aromatic hydroxyl groups is 1. The lowest BCUT2D eigenvalue weighted by Gasteiger charge is -2.07. The van der Waals surface area contributed by atoms with Crippen molar-refractivity contribution in [3.63, 3.8) is 0 Å². The van der Waals surface area contributed by atoms with Gasteiger partial charge in [0.05, 0.1) is 18.2 Å². The van der Waals surface area contributed by atoms with Gasteiger partial charge in [-0.05, 0) is 0 Å². The van der Waals surface area contributed by atoms with Crippen molar-refractivity contribution in [3.8, 4) is 11.6 Å². The summed E-state index contributed by atoms with van der Waals surface area (Å²) in [5.74, 6) is -0.920. The second-order valence-electron chi connectivity index (χ2n) is 2.40. The smallest absolute Gasteiger partial charge is 0.266 e. The third-order valence-corrected chi connectivity index (χ3v) is 1.64. The second kappa shape index (κ2) is 3.99. The number of rotatable bonds is 3. The molecule has 1 N–H and O–H groups in total. The van der Waals surface area contributed by atoms with Gasteiger partial charge in [0.1, 0.15) is 0 Å². The number of aromatic nitrogens is 1. The van der Waals surface area contributed by atoms with E-state index in [4.69, 9.17) is 0 Å². The molecule has 1 aromatic rings. The number of aldehydes is 1. The van der Waals surface area contributed by atoms with Crippen LogP contribution in [0.25, 0.3) is 0 Å². The number of carbonyl (C=O) groups is 1. The summed E-state index contributed by atoms with van der Waals surface area (Å²) in [6, 6.07) is 0. The zero-order chi connectivity index (χ0) is 10.7. The summed E-state index contributed by atoms with van der Waals surface area (Å²) in [5, 5.41) is 9.27. The molecule has 0 aliphatic heterocycles. The third-order valence-electron chi connectivity index (χ3n) is 1.64. The monoisotopic (exact) mass is 203 g/mol. The predicted octanol–water partition coefficient (Wildman–Crippen LogP) is 1.55. The van der Waals surface area contributed by atoms with E-state index in [9.17, 15) is 18.7 Å². The number of nitrogens with zero attached hydrogens (tertiary/aromatic N) is 1. The van der Waals surface area contributed by atoms with Gasteiger partial charge in [-0.2, -0.15) is 0 Å². The summed E-state index contributed by atoms with van der Waals surface area (Å²) >= 11 is 0. The quantitative estimate of drug-likeness (QED) is 0.757. The van der Waals surface area contributed by atoms with E-state index >= 15 is 0 Å². The van der Waals surface area contributed by atoms with E-state index in [2.05, 4.69) is 9.72 Å². The van der Waals surface area contributed by atoms with E-state index in [0.29, 0.717) is 0 Å². The van der Waals surface area contributed by atoms with Crippen LogP contribution in [0.1, 0.15) is 22.3 Å². The van der Waals surface area contributed by atoms with Crippen LogP contribution in [-0.4, -0.2) is 23.5 Å². The Kier molecular flexibility index (Phi) is 2.95. The molecule has 0 aromatic carbocycles. The van der Waals surface area contributed by atoms with Crippen LogP contribution in [0.4, 0.5) is 8.78 Å². The highest BCUT2D eigenvalue weighted by atomic mass is 19.3. The number of methoxy groups -OCH3 is 1. The maximum atomic E-state index is 12.3. The molecular weight excluding hydrogens is 196 g/mol. The van der Waals surface area contributed by atoms with E-state index in [0.717, 1.165) is 6.20 Å². The van der Waals surface area contributed by atoms with Gasteiger partial charge in [0.15, 0.2) is 12.0 Å². The average molecular weight is 203 g/mol. The molecule has 1 heterocycles. The fourth-order valence-electron chi connectivity index (χ4n) is 0.958. The number of pyridine rings is 1. The van der Waals surface area contributed by atoms with Crippen LogP contribution in [0, 0.1) is 0 Å². The molecule has 0 spiro atoms. The van der Waals surface area contributed by atoms with Gasteiger partial charge in [0, 0.05) is 6.20 Å². The van der Waals surface area contributed by atoms with E-state index in [1.807, 2.05) is 0 Å². The minimum atomic E-state index is -2.86. The predicted molar refractivity (Wildman–Crippen MR) is 42.8 cm³/mol. The first-order valence-corrected chi connectivity index (χ1v) is 3.61. The topological polar surface area (TPSA) is 59.4 Å². The zero-order valence-corrected chi connectivity index (χ0v) is 7.20. The lowest BCUT2D eigenvalue weighted by atomic mass is 10.1. The summed E-state index contributed by atoms with van der Waals surface area (Å²) in [7, 11) is 1.21. The maximum Gasteiger partial charge on any atom is 0.266 e. The van der Waals surface area contributed by atoms with Crippen molar-refractivity contribution in [1.29, 1.82) is 0 Å². The van der Waals surface area contributed by atoms with Crippen LogP contribution >= 0.6 is 0 Å². The normalized spacial score (nSPS) is 10.3. The van der Waals surface area contributed by atoms with Crippen molar-refractivity contribution in [2.24, 2.45) is 0 Å². The van der Waals surface area contributed by atoms with Crippen molar-refractivity contribution >= 4 is 6.29 Å². The Balaban J connectivity index is 3.35. The summed E-state index contributed by atoms with van der Waals surface area (Å²) < 4.78 is 29.1. The van der Waals surface area contributed by atoms with E-state index in [1.54, 1.807) is 0 Å². The molecule has 0 aliphatic carbocycles. The van der Waals surface area contributed by atoms with Gasteiger partial charge in [0.2, 0.25) is 0 Å². The Labute approximate surface area is 78.1 Å². The second-order valence-corrected chi connectivity index (χ2v) is 2.40. The maximum absolute atomic E-state index is 12.3. The number of hydrogen-bond acceptors (Lipinski definition) is 4. The van der Waals surface area contributed by atoms with Crippen LogP contribution in [0.2, 0.25) is 0 Å². The van der Waals surface area contributed by atoms with Crippen LogP contribution in [0.15, 0.2) is 6.20 Å². The Hall–Kier alpha value is -1.72. The summed E-state index contributed by atoms with van der Waals surface area (Å²) in [6.45, 7) is 0. The zero-order valence-electron chi connectivity index (χ0n) is 7.20. The van der Waals surface area contributed by atoms with Gasteiger partial charge >= 0.3 is 0 Å². The lowest BCUT2D eigenvalue weighted by molar-refractivity contribution is 0.110. The van der Waals surface area contributed by atoms with Gasteiger partial charge in [-0.3, -0.25) is 4.79 Å². The number of carbonyl (C=O) groups excluding carboxylic acids is 1. The van der Waals surface area contributed by atoms with Crippen molar-refractivity contribution in [2.75, 3.05) is 7.11 Å². The van der Waals surface area contributed by atoms with E-state index in [-0.39, 0.29) is 12.2 Å². The number of alkyl halides is 2. The Bertz CT molecular complexity index is 355. The third kappa shape index (κ3) is 1.63. The molecule has 0 saturated carbocycles. The largest absolute Gasteiger partial charge is 0.503 e. The van der Waals surface area contributed by atoms with Gasteiger partial charge in [-0.1, -0.05) is 0 Å². The molecule has 0 fully saturated rings. The SMILES string of the molecule is COc1ncc(C(F)F)c(C=O)c1O. The van der Waals surface area contributed by atoms with Crippen LogP contribution in [-0.2, 0) is 0 Å². The summed E-state index contributed by atoms with van der Waals surface area (Å²) in [6.07, 6.45) is -1.92. The molecule has 1 aromatic heterocycles. The molecular formula is C8H7F2NO3. The Morgan fingerprint density at radius 2 is 2.29 bits per heavy atom. The number of halogens is 2. The first kappa shape index (κ1) is 10.4. The van der Waals surface area contributed by atoms with Crippen LogP contribution in [0.5, 0.6) is 11.6 Å². The lowest BCUT2D eigenvalue weighted by Crippen LogP contribution is -1.98. The van der Waals surface area contributed by atoms with Gasteiger partial charge < -0.3 is 9.84 Å². The molecule has 6 heteroatoms. The van der Waals surface area contributed by atoms with Gasteiger partial charge in [-0.25, -0.2) is 13.8 Å². The summed E-state index contributed by atoms with van der Waals surface area (Å²) in [4.78, 5) is 13.9. The first-order chi connectivity index (χ1) is 6.61. The molecule has 0 unspecified atom stereocenters. The Morgan fingerprint density at radius 1 is 1.64 bits per heavy atom. The van der Waals surface area contributed by atoms with Crippen molar-refractivity contribution in [3.05, 3.63) is 17.3 Å².